The van der Waals surface area contributed by atoms with Gasteiger partial charge in [-0.05, 0) is 70.1 Å². The fraction of sp³-hybridized carbons (Fsp3) is 0.435. The van der Waals surface area contributed by atoms with E-state index >= 15 is 0 Å². The van der Waals surface area contributed by atoms with Crippen LogP contribution in [-0.4, -0.2) is 45.4 Å². The van der Waals surface area contributed by atoms with Gasteiger partial charge in [-0.2, -0.15) is 0 Å². The first-order valence-corrected chi connectivity index (χ1v) is 12.1. The van der Waals surface area contributed by atoms with Crippen molar-refractivity contribution in [2.45, 2.75) is 43.9 Å². The average molecular weight is 430 g/mol. The number of anilines is 1. The lowest BCUT2D eigenvalue weighted by Gasteiger charge is -2.19. The zero-order valence-electron chi connectivity index (χ0n) is 17.6. The Morgan fingerprint density at radius 1 is 0.967 bits per heavy atom. The van der Waals surface area contributed by atoms with Crippen LogP contribution in [0.25, 0.3) is 0 Å². The van der Waals surface area contributed by atoms with Crippen LogP contribution in [0.5, 0.6) is 0 Å². The van der Waals surface area contributed by atoms with E-state index in [-0.39, 0.29) is 16.5 Å². The van der Waals surface area contributed by atoms with Gasteiger partial charge in [0.1, 0.15) is 0 Å². The van der Waals surface area contributed by atoms with Crippen LogP contribution in [0.3, 0.4) is 0 Å². The molecule has 2 N–H and O–H groups in total. The van der Waals surface area contributed by atoms with Crippen molar-refractivity contribution in [3.05, 3.63) is 59.7 Å². The molecule has 0 aliphatic carbocycles. The topological polar surface area (TPSA) is 78.5 Å². The Bertz CT molecular complexity index is 934. The zero-order chi connectivity index (χ0) is 21.4. The highest BCUT2D eigenvalue weighted by Gasteiger charge is 2.18. The number of hydrogen-bond donors (Lipinski definition) is 2. The zero-order valence-corrected chi connectivity index (χ0v) is 18.4. The number of nitrogens with zero attached hydrogens (tertiary/aromatic N) is 1. The Morgan fingerprint density at radius 2 is 1.63 bits per heavy atom. The number of carbonyl (C=O) groups is 1. The first-order chi connectivity index (χ1) is 14.5. The second-order valence-electron chi connectivity index (χ2n) is 7.83. The average Bonchev–Trinajstić information content (AvgIpc) is 3.00. The number of nitrogens with one attached hydrogen (secondary N) is 2. The predicted octanol–water partition coefficient (Wildman–Crippen LogP) is 3.79. The maximum Gasteiger partial charge on any atom is 0.261 e. The predicted molar refractivity (Wildman–Crippen MR) is 120 cm³/mol. The van der Waals surface area contributed by atoms with Crippen molar-refractivity contribution in [1.82, 2.24) is 10.2 Å². The molecule has 0 unspecified atom stereocenters. The second kappa shape index (κ2) is 10.6. The summed E-state index contributed by atoms with van der Waals surface area (Å²) in [6, 6.07) is 13.3. The van der Waals surface area contributed by atoms with Crippen molar-refractivity contribution < 1.29 is 13.2 Å². The summed E-state index contributed by atoms with van der Waals surface area (Å²) in [5.41, 5.74) is 1.58. The van der Waals surface area contributed by atoms with Crippen molar-refractivity contribution in [3.63, 3.8) is 0 Å². The largest absolute Gasteiger partial charge is 0.352 e. The van der Waals surface area contributed by atoms with Crippen molar-refractivity contribution in [2.24, 2.45) is 0 Å². The number of para-hydroxylation sites is 1. The maximum absolute atomic E-state index is 12.7. The fourth-order valence-electron chi connectivity index (χ4n) is 3.65. The lowest BCUT2D eigenvalue weighted by molar-refractivity contribution is 0.0952. The molecule has 1 aliphatic rings. The summed E-state index contributed by atoms with van der Waals surface area (Å²) >= 11 is 0. The van der Waals surface area contributed by atoms with Gasteiger partial charge in [-0.1, -0.05) is 42.7 Å². The molecular weight excluding hydrogens is 398 g/mol. The van der Waals surface area contributed by atoms with Gasteiger partial charge in [-0.3, -0.25) is 9.52 Å². The van der Waals surface area contributed by atoms with Crippen molar-refractivity contribution in [1.29, 1.82) is 0 Å². The van der Waals surface area contributed by atoms with E-state index in [0.717, 1.165) is 31.6 Å². The summed E-state index contributed by atoms with van der Waals surface area (Å²) in [5.74, 6) is -0.270. The summed E-state index contributed by atoms with van der Waals surface area (Å²) in [7, 11) is -3.77. The smallest absolute Gasteiger partial charge is 0.261 e. The molecule has 0 spiro atoms. The van der Waals surface area contributed by atoms with Crippen LogP contribution in [0.1, 0.15) is 48.0 Å². The van der Waals surface area contributed by atoms with Crippen LogP contribution in [0.2, 0.25) is 0 Å². The molecule has 2 aromatic carbocycles. The molecule has 3 rings (SSSR count). The van der Waals surface area contributed by atoms with Crippen LogP contribution >= 0.6 is 0 Å². The minimum atomic E-state index is -3.77. The molecule has 2 aromatic rings. The van der Waals surface area contributed by atoms with Crippen LogP contribution in [0.15, 0.2) is 53.4 Å². The molecule has 0 atom stereocenters. The number of hydrogen-bond acceptors (Lipinski definition) is 4. The molecule has 6 nitrogen and oxygen atoms in total. The number of likely N-dealkylation sites (tertiary alicyclic amines) is 1. The van der Waals surface area contributed by atoms with Crippen LogP contribution in [-0.2, 0) is 10.0 Å². The van der Waals surface area contributed by atoms with Crippen molar-refractivity contribution in [2.75, 3.05) is 30.9 Å². The number of rotatable bonds is 8. The molecule has 7 heteroatoms. The number of amides is 1. The Balaban J connectivity index is 1.58. The van der Waals surface area contributed by atoms with Crippen LogP contribution in [0.4, 0.5) is 5.69 Å². The molecule has 1 saturated heterocycles. The fourth-order valence-corrected chi connectivity index (χ4v) is 4.73. The standard InChI is InChI=1S/C23H31N3O3S/c1-19-11-13-20(14-12-19)30(28,29)25-22-10-5-4-9-21(22)23(27)24-15-8-18-26-16-6-2-3-7-17-26/h4-5,9-14,25H,2-3,6-8,15-18H2,1H3,(H,24,27). The van der Waals surface area contributed by atoms with Gasteiger partial charge in [0.25, 0.3) is 15.9 Å². The number of benzene rings is 2. The minimum Gasteiger partial charge on any atom is -0.352 e. The van der Waals surface area contributed by atoms with E-state index in [1.165, 1.54) is 25.7 Å². The molecule has 1 aliphatic heterocycles. The Morgan fingerprint density at radius 3 is 2.33 bits per heavy atom. The summed E-state index contributed by atoms with van der Waals surface area (Å²) in [6.45, 7) is 5.71. The first kappa shape index (κ1) is 22.3. The molecule has 1 heterocycles. The molecular formula is C23H31N3O3S. The molecule has 0 saturated carbocycles. The lowest BCUT2D eigenvalue weighted by atomic mass is 10.1. The minimum absolute atomic E-state index is 0.167. The van der Waals surface area contributed by atoms with Gasteiger partial charge in [-0.15, -0.1) is 0 Å². The highest BCUT2D eigenvalue weighted by atomic mass is 32.2. The molecule has 0 radical (unpaired) electrons. The lowest BCUT2D eigenvalue weighted by Crippen LogP contribution is -2.31. The van der Waals surface area contributed by atoms with Gasteiger partial charge >= 0.3 is 0 Å². The number of aryl methyl sites for hydroxylation is 1. The SMILES string of the molecule is Cc1ccc(S(=O)(=O)Nc2ccccc2C(=O)NCCCN2CCCCCC2)cc1. The normalized spacial score (nSPS) is 15.4. The van der Waals surface area contributed by atoms with E-state index in [4.69, 9.17) is 0 Å². The highest BCUT2D eigenvalue weighted by molar-refractivity contribution is 7.92. The van der Waals surface area contributed by atoms with Gasteiger partial charge in [0.05, 0.1) is 16.1 Å². The van der Waals surface area contributed by atoms with Crippen LogP contribution < -0.4 is 10.0 Å². The van der Waals surface area contributed by atoms with E-state index in [0.29, 0.717) is 12.1 Å². The first-order valence-electron chi connectivity index (χ1n) is 10.6. The molecule has 0 aromatic heterocycles. The van der Waals surface area contributed by atoms with Gasteiger partial charge in [0.2, 0.25) is 0 Å². The van der Waals surface area contributed by atoms with Gasteiger partial charge in [0, 0.05) is 6.54 Å². The Hall–Kier alpha value is -2.38. The summed E-state index contributed by atoms with van der Waals surface area (Å²) in [5, 5.41) is 2.93. The highest BCUT2D eigenvalue weighted by Crippen LogP contribution is 2.20. The third-order valence-corrected chi connectivity index (χ3v) is 6.76. The molecule has 1 fully saturated rings. The molecule has 1 amide bonds. The van der Waals surface area contributed by atoms with E-state index in [1.807, 2.05) is 6.92 Å². The molecule has 0 bridgehead atoms. The van der Waals surface area contributed by atoms with E-state index in [2.05, 4.69) is 14.9 Å². The van der Waals surface area contributed by atoms with E-state index < -0.39 is 10.0 Å². The summed E-state index contributed by atoms with van der Waals surface area (Å²) in [6.07, 6.45) is 6.00. The van der Waals surface area contributed by atoms with Gasteiger partial charge in [0.15, 0.2) is 0 Å². The Kier molecular flexibility index (Phi) is 7.87. The van der Waals surface area contributed by atoms with E-state index in [1.54, 1.807) is 48.5 Å². The molecule has 30 heavy (non-hydrogen) atoms. The van der Waals surface area contributed by atoms with Crippen molar-refractivity contribution >= 4 is 21.6 Å². The third-order valence-electron chi connectivity index (χ3n) is 5.38. The van der Waals surface area contributed by atoms with E-state index in [9.17, 15) is 13.2 Å². The quantitative estimate of drug-likeness (QED) is 0.626. The molecule has 162 valence electrons. The van der Waals surface area contributed by atoms with Crippen LogP contribution in [0, 0.1) is 6.92 Å². The summed E-state index contributed by atoms with van der Waals surface area (Å²) in [4.78, 5) is 15.3. The van der Waals surface area contributed by atoms with Gasteiger partial charge < -0.3 is 10.2 Å². The maximum atomic E-state index is 12.7. The summed E-state index contributed by atoms with van der Waals surface area (Å²) < 4.78 is 28.0. The Labute approximate surface area is 179 Å². The third kappa shape index (κ3) is 6.31. The van der Waals surface area contributed by atoms with Crippen molar-refractivity contribution in [3.8, 4) is 0 Å². The second-order valence-corrected chi connectivity index (χ2v) is 9.51. The number of sulfonamides is 1. The van der Waals surface area contributed by atoms with Gasteiger partial charge in [-0.25, -0.2) is 8.42 Å². The monoisotopic (exact) mass is 429 g/mol. The number of carbonyl (C=O) groups excluding carboxylic acids is 1.